The lowest BCUT2D eigenvalue weighted by Gasteiger charge is -2.36. The normalized spacial score (nSPS) is 23.0. The zero-order chi connectivity index (χ0) is 19.3. The molecule has 0 saturated carbocycles. The van der Waals surface area contributed by atoms with Crippen molar-refractivity contribution in [1.29, 1.82) is 0 Å². The van der Waals surface area contributed by atoms with Crippen LogP contribution in [0.15, 0.2) is 16.3 Å². The number of amidine groups is 1. The summed E-state index contributed by atoms with van der Waals surface area (Å²) in [5, 5.41) is -6.01. The molecule has 1 fully saturated rings. The SMILES string of the molecule is FC(F)(F)C1=C(C(F)(F)C(F)(F)F)N=C(N2CCCCC2)SC1(F)F. The van der Waals surface area contributed by atoms with Crippen molar-refractivity contribution >= 4 is 16.9 Å². The third-order valence-electron chi connectivity index (χ3n) is 3.52. The molecule has 0 spiro atoms. The highest BCUT2D eigenvalue weighted by Crippen LogP contribution is 2.55. The van der Waals surface area contributed by atoms with Gasteiger partial charge in [-0.2, -0.15) is 43.9 Å². The molecule has 2 aliphatic rings. The summed E-state index contributed by atoms with van der Waals surface area (Å²) >= 11 is -0.775. The van der Waals surface area contributed by atoms with Crippen LogP contribution in [-0.4, -0.2) is 46.7 Å². The van der Waals surface area contributed by atoms with Gasteiger partial charge >= 0.3 is 23.5 Å². The van der Waals surface area contributed by atoms with E-state index in [1.54, 1.807) is 0 Å². The topological polar surface area (TPSA) is 15.6 Å². The minimum absolute atomic E-state index is 0.0220. The second-order valence-corrected chi connectivity index (χ2v) is 6.44. The van der Waals surface area contributed by atoms with Gasteiger partial charge in [0.25, 0.3) is 0 Å². The van der Waals surface area contributed by atoms with Gasteiger partial charge in [0.2, 0.25) is 0 Å². The lowest BCUT2D eigenvalue weighted by atomic mass is 10.1. The van der Waals surface area contributed by atoms with Crippen LogP contribution in [0.25, 0.3) is 0 Å². The smallest absolute Gasteiger partial charge is 0.351 e. The molecule has 13 heteroatoms. The second kappa shape index (κ2) is 6.23. The number of alkyl halides is 10. The predicted molar refractivity (Wildman–Crippen MR) is 69.5 cm³/mol. The van der Waals surface area contributed by atoms with Gasteiger partial charge in [-0.1, -0.05) is 0 Å². The molecule has 0 atom stereocenters. The average molecular weight is 404 g/mol. The molecule has 2 nitrogen and oxygen atoms in total. The van der Waals surface area contributed by atoms with Crippen LogP contribution in [-0.2, 0) is 0 Å². The molecule has 0 aromatic rings. The minimum Gasteiger partial charge on any atom is -0.351 e. The number of nitrogens with zero attached hydrogens (tertiary/aromatic N) is 2. The van der Waals surface area contributed by atoms with Crippen LogP contribution in [0, 0.1) is 0 Å². The third kappa shape index (κ3) is 3.85. The fraction of sp³-hybridized carbons (Fsp3) is 0.750. The summed E-state index contributed by atoms with van der Waals surface area (Å²) < 4.78 is 131. The molecule has 2 heterocycles. The second-order valence-electron chi connectivity index (χ2n) is 5.35. The summed E-state index contributed by atoms with van der Waals surface area (Å²) in [5.74, 6) is -6.18. The molecule has 2 rings (SSSR count). The van der Waals surface area contributed by atoms with Crippen LogP contribution < -0.4 is 0 Å². The first-order valence-electron chi connectivity index (χ1n) is 6.85. The fourth-order valence-electron chi connectivity index (χ4n) is 2.36. The van der Waals surface area contributed by atoms with Crippen molar-refractivity contribution in [3.8, 4) is 0 Å². The number of halogens is 10. The molecule has 0 amide bonds. The summed E-state index contributed by atoms with van der Waals surface area (Å²) in [7, 11) is 0. The standard InChI is InChI=1S/C12H10F10N2S/c13-9(14,12(20,21)22)7-6(10(15,16)17)11(18,19)25-8(23-7)24-4-2-1-3-5-24/h1-5H2. The molecule has 2 aliphatic heterocycles. The first-order chi connectivity index (χ1) is 11.2. The van der Waals surface area contributed by atoms with Crippen molar-refractivity contribution in [3.05, 3.63) is 11.3 Å². The maximum Gasteiger partial charge on any atom is 0.459 e. The Bertz CT molecular complexity index is 584. The van der Waals surface area contributed by atoms with Gasteiger partial charge in [-0.25, -0.2) is 4.99 Å². The Labute approximate surface area is 138 Å². The quantitative estimate of drug-likeness (QED) is 0.560. The molecule has 0 radical (unpaired) electrons. The molecule has 25 heavy (non-hydrogen) atoms. The maximum atomic E-state index is 13.9. The number of likely N-dealkylation sites (tertiary alicyclic amines) is 1. The van der Waals surface area contributed by atoms with E-state index in [0.29, 0.717) is 19.3 Å². The zero-order valence-electron chi connectivity index (χ0n) is 12.1. The Kier molecular flexibility index (Phi) is 5.03. The van der Waals surface area contributed by atoms with E-state index in [4.69, 9.17) is 0 Å². The van der Waals surface area contributed by atoms with Crippen molar-refractivity contribution in [2.45, 2.75) is 42.8 Å². The fourth-order valence-corrected chi connectivity index (χ4v) is 3.35. The Hall–Kier alpha value is -1.14. The summed E-state index contributed by atoms with van der Waals surface area (Å²) in [6.07, 6.45) is -11.1. The van der Waals surface area contributed by atoms with E-state index in [2.05, 4.69) is 4.99 Å². The van der Waals surface area contributed by atoms with E-state index >= 15 is 0 Å². The van der Waals surface area contributed by atoms with Crippen LogP contribution in [0.4, 0.5) is 43.9 Å². The highest BCUT2D eigenvalue weighted by Gasteiger charge is 2.68. The van der Waals surface area contributed by atoms with Crippen LogP contribution >= 0.6 is 11.8 Å². The number of allylic oxidation sites excluding steroid dienone is 1. The predicted octanol–water partition coefficient (Wildman–Crippen LogP) is 5.18. The Morgan fingerprint density at radius 3 is 1.84 bits per heavy atom. The monoisotopic (exact) mass is 404 g/mol. The lowest BCUT2D eigenvalue weighted by Crippen LogP contribution is -2.46. The van der Waals surface area contributed by atoms with Gasteiger partial charge in [0, 0.05) is 13.1 Å². The number of rotatable bonds is 1. The first-order valence-corrected chi connectivity index (χ1v) is 7.67. The van der Waals surface area contributed by atoms with E-state index < -0.39 is 51.7 Å². The molecule has 144 valence electrons. The van der Waals surface area contributed by atoms with Crippen LogP contribution in [0.1, 0.15) is 19.3 Å². The Balaban J connectivity index is 2.66. The van der Waals surface area contributed by atoms with E-state index in [1.807, 2.05) is 0 Å². The van der Waals surface area contributed by atoms with Gasteiger partial charge in [0.1, 0.15) is 11.3 Å². The number of piperidine rings is 1. The first kappa shape index (κ1) is 20.2. The van der Waals surface area contributed by atoms with Gasteiger partial charge in [-0.3, -0.25) is 0 Å². The molecular weight excluding hydrogens is 394 g/mol. The number of hydrogen-bond donors (Lipinski definition) is 0. The van der Waals surface area contributed by atoms with Gasteiger partial charge in [0.05, 0.1) is 0 Å². The van der Waals surface area contributed by atoms with Gasteiger partial charge in [0.15, 0.2) is 5.17 Å². The highest BCUT2D eigenvalue weighted by atomic mass is 32.2. The van der Waals surface area contributed by atoms with Crippen LogP contribution in [0.2, 0.25) is 0 Å². The van der Waals surface area contributed by atoms with E-state index in [1.165, 1.54) is 0 Å². The molecule has 0 N–H and O–H groups in total. The minimum atomic E-state index is -6.51. The number of hydrogen-bond acceptors (Lipinski definition) is 3. The summed E-state index contributed by atoms with van der Waals surface area (Å²) in [4.78, 5) is 3.69. The Morgan fingerprint density at radius 1 is 0.880 bits per heavy atom. The third-order valence-corrected chi connectivity index (χ3v) is 4.51. The molecule has 0 aromatic heterocycles. The summed E-state index contributed by atoms with van der Waals surface area (Å²) in [6, 6.07) is 0. The van der Waals surface area contributed by atoms with E-state index in [0.717, 1.165) is 4.90 Å². The van der Waals surface area contributed by atoms with Gasteiger partial charge in [-0.15, -0.1) is 0 Å². The molecule has 0 bridgehead atoms. The van der Waals surface area contributed by atoms with Crippen molar-refractivity contribution in [2.75, 3.05) is 13.1 Å². The van der Waals surface area contributed by atoms with Crippen LogP contribution in [0.5, 0.6) is 0 Å². The van der Waals surface area contributed by atoms with Crippen molar-refractivity contribution in [1.82, 2.24) is 4.90 Å². The summed E-state index contributed by atoms with van der Waals surface area (Å²) in [5.41, 5.74) is -6.29. The summed E-state index contributed by atoms with van der Waals surface area (Å²) in [6.45, 7) is 0.0439. The lowest BCUT2D eigenvalue weighted by molar-refractivity contribution is -0.266. The largest absolute Gasteiger partial charge is 0.459 e. The van der Waals surface area contributed by atoms with Gasteiger partial charge in [-0.05, 0) is 31.0 Å². The molecule has 0 aliphatic carbocycles. The molecule has 1 saturated heterocycles. The van der Waals surface area contributed by atoms with E-state index in [-0.39, 0.29) is 13.1 Å². The Morgan fingerprint density at radius 2 is 1.40 bits per heavy atom. The highest BCUT2D eigenvalue weighted by molar-refractivity contribution is 8.14. The zero-order valence-corrected chi connectivity index (χ0v) is 12.9. The van der Waals surface area contributed by atoms with Crippen molar-refractivity contribution < 1.29 is 43.9 Å². The van der Waals surface area contributed by atoms with Crippen LogP contribution in [0.3, 0.4) is 0 Å². The van der Waals surface area contributed by atoms with Crippen molar-refractivity contribution in [2.24, 2.45) is 4.99 Å². The van der Waals surface area contributed by atoms with E-state index in [9.17, 15) is 43.9 Å². The maximum absolute atomic E-state index is 13.9. The number of thioether (sulfide) groups is 1. The van der Waals surface area contributed by atoms with Crippen molar-refractivity contribution in [3.63, 3.8) is 0 Å². The number of aliphatic imine (C=N–C) groups is 1. The molecular formula is C12H10F10N2S. The molecule has 0 unspecified atom stereocenters. The average Bonchev–Trinajstić information content (AvgIpc) is 2.43. The molecule has 0 aromatic carbocycles. The van der Waals surface area contributed by atoms with Gasteiger partial charge < -0.3 is 4.90 Å².